The first-order chi connectivity index (χ1) is 43.4. The second kappa shape index (κ2) is 25.3. The van der Waals surface area contributed by atoms with E-state index in [0.717, 1.165) is 12.1 Å². The lowest BCUT2D eigenvalue weighted by molar-refractivity contribution is 0.0425. The minimum Gasteiger partial charge on any atom is -0.478 e. The van der Waals surface area contributed by atoms with Gasteiger partial charge < -0.3 is 62.7 Å². The van der Waals surface area contributed by atoms with E-state index in [-0.39, 0.29) is 50.6 Å². The summed E-state index contributed by atoms with van der Waals surface area (Å²) in [6, 6.07) is 61.4. The van der Waals surface area contributed by atoms with E-state index in [4.69, 9.17) is 28.8 Å². The maximum absolute atomic E-state index is 14.9. The number of carbonyl (C=O) groups is 7. The molecule has 2 heterocycles. The van der Waals surface area contributed by atoms with Crippen molar-refractivity contribution in [2.24, 2.45) is 0 Å². The van der Waals surface area contributed by atoms with Crippen molar-refractivity contribution in [3.63, 3.8) is 0 Å². The van der Waals surface area contributed by atoms with Crippen molar-refractivity contribution < 1.29 is 96.3 Å². The molecule has 20 nitrogen and oxygen atoms in total. The molecule has 0 bridgehead atoms. The second-order valence-electron chi connectivity index (χ2n) is 19.6. The van der Waals surface area contributed by atoms with E-state index in [1.807, 2.05) is 36.4 Å². The van der Waals surface area contributed by atoms with Crippen LogP contribution in [0.1, 0.15) is 72.5 Å². The number of aromatic carboxylic acids is 3. The smallest absolute Gasteiger partial charge is 0.347 e. The molecular weight excluding hydrogens is 1200 g/mol. The van der Waals surface area contributed by atoms with Crippen LogP contribution >= 0.6 is 14.3 Å². The fraction of sp³-hybridized carbons (Fsp3) is 0.0147. The molecule has 12 rings (SSSR count). The predicted molar refractivity (Wildman–Crippen MR) is 326 cm³/mol. The molecule has 0 radical (unpaired) electrons. The van der Waals surface area contributed by atoms with Gasteiger partial charge in [-0.15, -0.1) is 0 Å². The summed E-state index contributed by atoms with van der Waals surface area (Å²) in [4.78, 5) is 81.8. The Bertz CT molecular complexity index is 4460. The van der Waals surface area contributed by atoms with Gasteiger partial charge >= 0.3 is 41.8 Å². The number of esters is 4. The van der Waals surface area contributed by atoms with Crippen LogP contribution in [-0.4, -0.2) is 69.0 Å². The summed E-state index contributed by atoms with van der Waals surface area (Å²) in [5.74, 6) is -4.32. The van der Waals surface area contributed by atoms with Crippen LogP contribution < -0.4 is 55.5 Å². The number of ether oxygens (including phenoxy) is 7. The highest BCUT2D eigenvalue weighted by molar-refractivity contribution is 7.85. The lowest BCUT2D eigenvalue weighted by atomic mass is 10.1. The largest absolute Gasteiger partial charge is 0.478 e. The minimum absolute atomic E-state index is 0.0148. The highest BCUT2D eigenvalue weighted by atomic mass is 31.2. The Hall–Kier alpha value is -11.7. The van der Waals surface area contributed by atoms with E-state index in [9.17, 15) is 58.0 Å². The molecule has 0 aromatic heterocycles. The average Bonchev–Trinajstić information content (AvgIpc) is 1.18. The van der Waals surface area contributed by atoms with Crippen LogP contribution in [0.5, 0.6) is 51.7 Å². The Kier molecular flexibility index (Phi) is 16.9. The Labute approximate surface area is 510 Å². The Morgan fingerprint density at radius 2 is 0.611 bits per heavy atom. The third kappa shape index (κ3) is 12.3. The molecule has 1 atom stereocenters. The first kappa shape index (κ1) is 60.0. The van der Waals surface area contributed by atoms with Crippen LogP contribution in [0.15, 0.2) is 231 Å². The fourth-order valence-corrected chi connectivity index (χ4v) is 15.0. The zero-order valence-corrected chi connectivity index (χ0v) is 48.2. The molecule has 0 spiro atoms. The van der Waals surface area contributed by atoms with Gasteiger partial charge in [-0.2, -0.15) is 0 Å². The fourth-order valence-electron chi connectivity index (χ4n) is 9.75. The van der Waals surface area contributed by atoms with Crippen LogP contribution in [0.25, 0.3) is 0 Å². The van der Waals surface area contributed by atoms with Gasteiger partial charge in [-0.25, -0.2) is 33.6 Å². The van der Waals surface area contributed by atoms with E-state index < -0.39 is 68.4 Å². The normalized spacial score (nSPS) is 12.8. The van der Waals surface area contributed by atoms with Gasteiger partial charge in [0.05, 0.1) is 33.4 Å². The molecule has 0 amide bonds. The molecule has 446 valence electrons. The molecule has 0 fully saturated rings. The van der Waals surface area contributed by atoms with Gasteiger partial charge in [0.2, 0.25) is 0 Å². The zero-order chi connectivity index (χ0) is 63.3. The third-order valence-corrected chi connectivity index (χ3v) is 20.2. The number of aliphatic hydroxyl groups is 1. The lowest BCUT2D eigenvalue weighted by Gasteiger charge is -2.20. The molecule has 10 aromatic rings. The van der Waals surface area contributed by atoms with Gasteiger partial charge in [0, 0.05) is 31.8 Å². The summed E-state index contributed by atoms with van der Waals surface area (Å²) in [7, 11) is -6.77. The van der Waals surface area contributed by atoms with Gasteiger partial charge in [0.25, 0.3) is 0 Å². The molecule has 2 aliphatic heterocycles. The molecule has 4 N–H and O–H groups in total. The Morgan fingerprint density at radius 3 is 0.956 bits per heavy atom. The van der Waals surface area contributed by atoms with Gasteiger partial charge in [-0.05, 0) is 170 Å². The van der Waals surface area contributed by atoms with Gasteiger partial charge in [0.1, 0.15) is 57.3 Å². The maximum atomic E-state index is 14.9. The number of rotatable bonds is 19. The van der Waals surface area contributed by atoms with E-state index in [0.29, 0.717) is 66.3 Å². The molecule has 10 aromatic carbocycles. The number of fused-ring (bicyclic) bond motifs is 2. The zero-order valence-electron chi connectivity index (χ0n) is 46.4. The van der Waals surface area contributed by atoms with Gasteiger partial charge in [-0.3, -0.25) is 0 Å². The van der Waals surface area contributed by atoms with Crippen LogP contribution in [0.4, 0.5) is 0 Å². The quantitative estimate of drug-likeness (QED) is 0.0253. The van der Waals surface area contributed by atoms with Crippen molar-refractivity contribution in [3.8, 4) is 51.7 Å². The highest BCUT2D eigenvalue weighted by Crippen LogP contribution is 2.45. The van der Waals surface area contributed by atoms with Crippen LogP contribution in [-0.2, 0) is 18.6 Å². The number of aliphatic hydroxyl groups excluding tert-OH is 1. The summed E-state index contributed by atoms with van der Waals surface area (Å²) in [5.41, 5.74) is -0.331. The van der Waals surface area contributed by atoms with E-state index in [2.05, 4.69) is 9.47 Å². The lowest BCUT2D eigenvalue weighted by Crippen LogP contribution is -2.24. The standard InChI is InChI=1S/C34H25O11P.C34H19O9P/c35-20-43-31-17-11-24(19-30(31)34(40)41)45-22-8-14-27(15-9-22)46(42,25-4-2-1-3-5-25)26-12-6-21(7-13-26)44-23-10-16-28(32(36)37)29(18-23)33(38)39;35-31-27-16-10-22(18-29(27)33(37)42-31)40-20-6-12-25(13-7-20)44(39,24-4-2-1-3-5-24)26-14-8-21(9-15-26)41-23-11-17-28-30(19-23)34(38)43-32(28)36/h1-19,35H,20H2,(H,36,37)(H,38,39)(H,40,41);1-19H. The van der Waals surface area contributed by atoms with Crippen LogP contribution in [0, 0.1) is 0 Å². The van der Waals surface area contributed by atoms with Crippen molar-refractivity contribution in [2.45, 2.75) is 0 Å². The van der Waals surface area contributed by atoms with Crippen molar-refractivity contribution in [1.82, 2.24) is 0 Å². The molecule has 0 aliphatic carbocycles. The monoisotopic (exact) mass is 1240 g/mol. The summed E-state index contributed by atoms with van der Waals surface area (Å²) >= 11 is 0. The number of carboxylic acids is 3. The predicted octanol–water partition coefficient (Wildman–Crippen LogP) is 10.9. The van der Waals surface area contributed by atoms with Crippen molar-refractivity contribution >= 4 is 87.9 Å². The Balaban J connectivity index is 0.000000185. The number of carboxylic acid groups (broad SMARTS) is 3. The second-order valence-corrected chi connectivity index (χ2v) is 25.1. The number of benzene rings is 10. The van der Waals surface area contributed by atoms with Gasteiger partial charge in [0.15, 0.2) is 21.1 Å². The number of hydrogen-bond acceptors (Lipinski definition) is 17. The van der Waals surface area contributed by atoms with E-state index in [1.165, 1.54) is 48.5 Å². The highest BCUT2D eigenvalue weighted by Gasteiger charge is 2.34. The van der Waals surface area contributed by atoms with Crippen molar-refractivity contribution in [2.75, 3.05) is 6.79 Å². The minimum atomic E-state index is -3.43. The molecular formula is C68H44O20P2. The summed E-state index contributed by atoms with van der Waals surface area (Å²) in [6.45, 7) is -0.685. The molecule has 22 heteroatoms. The molecule has 0 saturated carbocycles. The summed E-state index contributed by atoms with van der Waals surface area (Å²) < 4.78 is 67.4. The number of cyclic esters (lactones) is 4. The number of carbonyl (C=O) groups excluding carboxylic acids is 4. The topological polar surface area (TPSA) is 299 Å². The van der Waals surface area contributed by atoms with Crippen LogP contribution in [0.2, 0.25) is 0 Å². The van der Waals surface area contributed by atoms with Crippen LogP contribution in [0.3, 0.4) is 0 Å². The number of hydrogen-bond donors (Lipinski definition) is 4. The van der Waals surface area contributed by atoms with Crippen molar-refractivity contribution in [3.05, 3.63) is 269 Å². The SMILES string of the molecule is O=C(O)c1cc(Oc2ccc(P(=O)(c3ccccc3)c3ccc(Oc4ccc(C(=O)O)c(C(=O)O)c4)cc3)cc2)ccc1OCO.O=C1OC(=O)c2cc(Oc3ccc(P(=O)(c4ccccc4)c4ccc(Oc5ccc6c(c5)C(=O)OC6=O)cc4)cc3)ccc21. The Morgan fingerprint density at radius 1 is 0.322 bits per heavy atom. The molecule has 1 unspecified atom stereocenters. The molecule has 2 aliphatic rings. The average molecular weight is 1240 g/mol. The summed E-state index contributed by atoms with van der Waals surface area (Å²) in [6.07, 6.45) is 0. The van der Waals surface area contributed by atoms with E-state index in [1.54, 1.807) is 133 Å². The first-order valence-electron chi connectivity index (χ1n) is 26.9. The third-order valence-electron chi connectivity index (χ3n) is 14.1. The molecule has 90 heavy (non-hydrogen) atoms. The first-order valence-corrected chi connectivity index (χ1v) is 30.3. The maximum Gasteiger partial charge on any atom is 0.347 e. The van der Waals surface area contributed by atoms with E-state index >= 15 is 0 Å². The summed E-state index contributed by atoms with van der Waals surface area (Å²) in [5, 5.41) is 40.4. The molecule has 0 saturated heterocycles. The van der Waals surface area contributed by atoms with Crippen molar-refractivity contribution in [1.29, 1.82) is 0 Å². The van der Waals surface area contributed by atoms with Gasteiger partial charge in [-0.1, -0.05) is 60.7 Å².